The summed E-state index contributed by atoms with van der Waals surface area (Å²) in [5.74, 6) is 0. The van der Waals surface area contributed by atoms with Crippen LogP contribution in [0.2, 0.25) is 0 Å². The molecule has 0 unspecified atom stereocenters. The Morgan fingerprint density at radius 3 is 2.62 bits per heavy atom. The van der Waals surface area contributed by atoms with Crippen molar-refractivity contribution in [1.82, 2.24) is 10.0 Å². The van der Waals surface area contributed by atoms with Crippen molar-refractivity contribution in [2.75, 3.05) is 19.3 Å². The van der Waals surface area contributed by atoms with E-state index in [0.717, 1.165) is 29.3 Å². The van der Waals surface area contributed by atoms with E-state index in [1.54, 1.807) is 29.2 Å². The second kappa shape index (κ2) is 7.97. The van der Waals surface area contributed by atoms with E-state index in [9.17, 15) is 8.42 Å². The number of hydrogen-bond donors (Lipinski definition) is 2. The van der Waals surface area contributed by atoms with Gasteiger partial charge in [-0.25, -0.2) is 13.1 Å². The van der Waals surface area contributed by atoms with E-state index < -0.39 is 10.0 Å². The van der Waals surface area contributed by atoms with Crippen molar-refractivity contribution in [2.24, 2.45) is 0 Å². The number of thiophene rings is 1. The Labute approximate surface area is 137 Å². The highest BCUT2D eigenvalue weighted by Crippen LogP contribution is 2.26. The van der Waals surface area contributed by atoms with E-state index in [2.05, 4.69) is 17.0 Å². The van der Waals surface area contributed by atoms with Crippen LogP contribution in [0.3, 0.4) is 0 Å². The Morgan fingerprint density at radius 1 is 1.38 bits per heavy atom. The summed E-state index contributed by atoms with van der Waals surface area (Å²) in [6, 6.07) is 1.79. The highest BCUT2D eigenvalue weighted by Gasteiger charge is 2.24. The van der Waals surface area contributed by atoms with Crippen LogP contribution in [0.1, 0.15) is 36.9 Å². The Morgan fingerprint density at radius 2 is 2.05 bits per heavy atom. The molecule has 1 heterocycles. The lowest BCUT2D eigenvalue weighted by molar-refractivity contribution is 0.570. The van der Waals surface area contributed by atoms with E-state index >= 15 is 0 Å². The summed E-state index contributed by atoms with van der Waals surface area (Å²) in [5.41, 5.74) is 0. The topological polar surface area (TPSA) is 58.2 Å². The predicted molar refractivity (Wildman–Crippen MR) is 93.8 cm³/mol. The molecule has 0 radical (unpaired) electrons. The lowest BCUT2D eigenvalue weighted by Crippen LogP contribution is -2.36. The molecule has 0 aliphatic heterocycles. The Bertz CT molecular complexity index is 551. The number of sulfonamides is 1. The van der Waals surface area contributed by atoms with Gasteiger partial charge in [0, 0.05) is 27.6 Å². The fraction of sp³-hybridized carbons (Fsp3) is 0.714. The molecule has 0 saturated carbocycles. The van der Waals surface area contributed by atoms with E-state index in [1.165, 1.54) is 0 Å². The van der Waals surface area contributed by atoms with Gasteiger partial charge < -0.3 is 5.32 Å². The smallest absolute Gasteiger partial charge is 0.241 e. The van der Waals surface area contributed by atoms with Gasteiger partial charge in [-0.05, 0) is 46.1 Å². The molecule has 21 heavy (non-hydrogen) atoms. The number of rotatable bonds is 9. The quantitative estimate of drug-likeness (QED) is 0.672. The molecule has 0 aliphatic carbocycles. The molecule has 2 N–H and O–H groups in total. The molecule has 0 amide bonds. The van der Waals surface area contributed by atoms with Crippen LogP contribution in [0.5, 0.6) is 0 Å². The van der Waals surface area contributed by atoms with Gasteiger partial charge >= 0.3 is 0 Å². The zero-order valence-electron chi connectivity index (χ0n) is 13.4. The first-order valence-corrected chi connectivity index (χ1v) is 10.6. The molecule has 0 fully saturated rings. The van der Waals surface area contributed by atoms with Crippen molar-refractivity contribution in [1.29, 1.82) is 0 Å². The van der Waals surface area contributed by atoms with Crippen LogP contribution >= 0.6 is 23.1 Å². The minimum atomic E-state index is -3.42. The van der Waals surface area contributed by atoms with Gasteiger partial charge in [-0.1, -0.05) is 6.92 Å². The Hall–Kier alpha value is -0.0800. The summed E-state index contributed by atoms with van der Waals surface area (Å²) in [6.45, 7) is 10.1. The number of aryl methyl sites for hydroxylation is 1. The maximum Gasteiger partial charge on any atom is 0.241 e. The van der Waals surface area contributed by atoms with E-state index in [-0.39, 0.29) is 4.75 Å². The SMILES string of the molecule is CCCNCc1cc(S(=O)(=O)NCC(C)(C)SC)c(C)s1. The summed E-state index contributed by atoms with van der Waals surface area (Å²) in [4.78, 5) is 2.32. The van der Waals surface area contributed by atoms with Crippen LogP contribution in [0.25, 0.3) is 0 Å². The molecule has 122 valence electrons. The molecule has 1 aromatic rings. The second-order valence-corrected chi connectivity index (χ2v) is 10.2. The first-order valence-electron chi connectivity index (χ1n) is 7.06. The largest absolute Gasteiger partial charge is 0.312 e. The van der Waals surface area contributed by atoms with Gasteiger partial charge in [-0.2, -0.15) is 11.8 Å². The average molecular weight is 351 g/mol. The minimum Gasteiger partial charge on any atom is -0.312 e. The number of nitrogens with one attached hydrogen (secondary N) is 2. The highest BCUT2D eigenvalue weighted by atomic mass is 32.2. The van der Waals surface area contributed by atoms with Gasteiger partial charge in [0.05, 0.1) is 4.90 Å². The molecule has 0 aliphatic rings. The Kier molecular flexibility index (Phi) is 7.19. The zero-order valence-corrected chi connectivity index (χ0v) is 15.9. The molecule has 1 aromatic heterocycles. The summed E-state index contributed by atoms with van der Waals surface area (Å²) >= 11 is 3.20. The maximum atomic E-state index is 12.4. The first kappa shape index (κ1) is 19.0. The fourth-order valence-corrected chi connectivity index (χ4v) is 4.81. The van der Waals surface area contributed by atoms with Crippen LogP contribution in [-0.4, -0.2) is 32.5 Å². The van der Waals surface area contributed by atoms with Gasteiger partial charge in [0.25, 0.3) is 0 Å². The number of hydrogen-bond acceptors (Lipinski definition) is 5. The molecule has 4 nitrogen and oxygen atoms in total. The molecule has 1 rings (SSSR count). The molecular weight excluding hydrogens is 324 g/mol. The molecule has 0 bridgehead atoms. The van der Waals surface area contributed by atoms with Gasteiger partial charge in [0.2, 0.25) is 10.0 Å². The lowest BCUT2D eigenvalue weighted by atomic mass is 10.2. The van der Waals surface area contributed by atoms with Crippen molar-refractivity contribution in [2.45, 2.75) is 50.3 Å². The van der Waals surface area contributed by atoms with E-state index in [0.29, 0.717) is 11.4 Å². The summed E-state index contributed by atoms with van der Waals surface area (Å²) in [6.07, 6.45) is 3.06. The van der Waals surface area contributed by atoms with Crippen molar-refractivity contribution in [3.63, 3.8) is 0 Å². The molecule has 0 saturated heterocycles. The van der Waals surface area contributed by atoms with Gasteiger partial charge in [0.15, 0.2) is 0 Å². The van der Waals surface area contributed by atoms with E-state index in [1.807, 2.05) is 27.0 Å². The molecule has 0 aromatic carbocycles. The third-order valence-electron chi connectivity index (χ3n) is 3.18. The first-order chi connectivity index (χ1) is 9.72. The van der Waals surface area contributed by atoms with Crippen molar-refractivity contribution >= 4 is 33.1 Å². The second-order valence-electron chi connectivity index (χ2n) is 5.60. The van der Waals surface area contributed by atoms with Crippen LogP contribution in [0.15, 0.2) is 11.0 Å². The Balaban J connectivity index is 2.79. The fourth-order valence-electron chi connectivity index (χ4n) is 1.69. The van der Waals surface area contributed by atoms with Crippen LogP contribution in [0, 0.1) is 6.92 Å². The molecular formula is C14H26N2O2S3. The number of thioether (sulfide) groups is 1. The molecule has 0 spiro atoms. The third kappa shape index (κ3) is 5.90. The maximum absolute atomic E-state index is 12.4. The lowest BCUT2D eigenvalue weighted by Gasteiger charge is -2.22. The zero-order chi connectivity index (χ0) is 16.1. The predicted octanol–water partition coefficient (Wildman–Crippen LogP) is 2.98. The summed E-state index contributed by atoms with van der Waals surface area (Å²) in [5, 5.41) is 3.30. The van der Waals surface area contributed by atoms with Gasteiger partial charge in [-0.15, -0.1) is 11.3 Å². The average Bonchev–Trinajstić information content (AvgIpc) is 2.79. The van der Waals surface area contributed by atoms with Gasteiger partial charge in [0.1, 0.15) is 0 Å². The third-order valence-corrected chi connectivity index (χ3v) is 7.14. The van der Waals surface area contributed by atoms with Gasteiger partial charge in [-0.3, -0.25) is 0 Å². The normalized spacial score (nSPS) is 12.8. The standard InChI is InChI=1S/C14H26N2O2S3/c1-6-7-15-9-12-8-13(11(2)20-12)21(17,18)16-10-14(3,4)19-5/h8,15-16H,6-7,9-10H2,1-5H3. The molecule has 7 heteroatoms. The highest BCUT2D eigenvalue weighted by molar-refractivity contribution is 8.00. The van der Waals surface area contributed by atoms with Crippen LogP contribution in [0.4, 0.5) is 0 Å². The van der Waals surface area contributed by atoms with Crippen molar-refractivity contribution in [3.05, 3.63) is 15.8 Å². The monoisotopic (exact) mass is 350 g/mol. The summed E-state index contributed by atoms with van der Waals surface area (Å²) in [7, 11) is -3.42. The van der Waals surface area contributed by atoms with Crippen molar-refractivity contribution in [3.8, 4) is 0 Å². The minimum absolute atomic E-state index is 0.109. The van der Waals surface area contributed by atoms with Crippen LogP contribution in [-0.2, 0) is 16.6 Å². The summed E-state index contributed by atoms with van der Waals surface area (Å²) < 4.78 is 27.5. The van der Waals surface area contributed by atoms with Crippen LogP contribution < -0.4 is 10.0 Å². The van der Waals surface area contributed by atoms with Crippen molar-refractivity contribution < 1.29 is 8.42 Å². The van der Waals surface area contributed by atoms with E-state index in [4.69, 9.17) is 0 Å². The molecule has 0 atom stereocenters.